The van der Waals surface area contributed by atoms with E-state index in [2.05, 4.69) is 36.4 Å². The van der Waals surface area contributed by atoms with Gasteiger partial charge in [0, 0.05) is 16.2 Å². The van der Waals surface area contributed by atoms with E-state index in [-0.39, 0.29) is 40.4 Å². The van der Waals surface area contributed by atoms with Crippen LogP contribution in [-0.2, 0) is 0 Å². The zero-order valence-electron chi connectivity index (χ0n) is 34.1. The molecule has 0 saturated carbocycles. The zero-order chi connectivity index (χ0) is 39.3. The van der Waals surface area contributed by atoms with Gasteiger partial charge in [-0.2, -0.15) is 0 Å². The highest BCUT2D eigenvalue weighted by Crippen LogP contribution is 2.46. The lowest BCUT2D eigenvalue weighted by Crippen LogP contribution is -1.92. The molecule has 1 aromatic heterocycles. The standard InChI is InChI=1S/C48H30O/c1-3-13-31(14-4-1)35-27-36(32-15-5-2-6-16-32)29-37(28-35)47-41-21-11-9-19-39(41)46(40-20-10-12-22-42(40)47)34-24-26-45-44(30-34)43-25-23-33-17-7-8-18-38(33)48(43)49-45/h1-30H/i1D,3D,4D,13D,14D,27D,28D,29D. The highest BCUT2D eigenvalue weighted by Gasteiger charge is 2.19. The molecule has 0 saturated heterocycles. The summed E-state index contributed by atoms with van der Waals surface area (Å²) >= 11 is 0. The third-order valence-electron chi connectivity index (χ3n) is 9.39. The van der Waals surface area contributed by atoms with Gasteiger partial charge in [0.15, 0.2) is 0 Å². The second kappa shape index (κ2) is 11.1. The van der Waals surface area contributed by atoms with Gasteiger partial charge in [-0.1, -0.05) is 145 Å². The Hall–Kier alpha value is -6.44. The van der Waals surface area contributed by atoms with Crippen molar-refractivity contribution in [1.82, 2.24) is 0 Å². The Morgan fingerprint density at radius 1 is 0.367 bits per heavy atom. The molecule has 0 aliphatic carbocycles. The number of hydrogen-bond acceptors (Lipinski definition) is 1. The van der Waals surface area contributed by atoms with Crippen LogP contribution in [0.4, 0.5) is 0 Å². The Morgan fingerprint density at radius 2 is 0.939 bits per heavy atom. The lowest BCUT2D eigenvalue weighted by molar-refractivity contribution is 0.672. The van der Waals surface area contributed by atoms with E-state index in [1.54, 1.807) is 24.3 Å². The average Bonchev–Trinajstić information content (AvgIpc) is 3.62. The second-order valence-corrected chi connectivity index (χ2v) is 12.2. The van der Waals surface area contributed by atoms with Gasteiger partial charge in [-0.25, -0.2) is 0 Å². The van der Waals surface area contributed by atoms with E-state index in [1.165, 1.54) is 0 Å². The van der Waals surface area contributed by atoms with Crippen LogP contribution in [0.2, 0.25) is 0 Å². The number of benzene rings is 9. The van der Waals surface area contributed by atoms with Crippen LogP contribution >= 0.6 is 0 Å². The van der Waals surface area contributed by atoms with Crippen molar-refractivity contribution >= 4 is 54.3 Å². The molecule has 0 N–H and O–H groups in total. The van der Waals surface area contributed by atoms with Crippen molar-refractivity contribution in [2.45, 2.75) is 0 Å². The molecule has 10 rings (SSSR count). The van der Waals surface area contributed by atoms with E-state index in [1.807, 2.05) is 72.8 Å². The molecular weight excluding hydrogens is 593 g/mol. The van der Waals surface area contributed by atoms with Crippen molar-refractivity contribution in [3.8, 4) is 44.5 Å². The number of furan rings is 1. The van der Waals surface area contributed by atoms with Crippen molar-refractivity contribution in [1.29, 1.82) is 0 Å². The topological polar surface area (TPSA) is 13.1 Å². The van der Waals surface area contributed by atoms with E-state index in [0.717, 1.165) is 65.4 Å². The molecule has 10 aromatic rings. The summed E-state index contributed by atoms with van der Waals surface area (Å²) in [6.45, 7) is 0. The first kappa shape index (κ1) is 20.7. The summed E-state index contributed by atoms with van der Waals surface area (Å²) in [7, 11) is 0. The van der Waals surface area contributed by atoms with E-state index in [9.17, 15) is 4.11 Å². The third-order valence-corrected chi connectivity index (χ3v) is 9.39. The fraction of sp³-hybridized carbons (Fsp3) is 0. The van der Waals surface area contributed by atoms with Crippen molar-refractivity contribution < 1.29 is 15.4 Å². The maximum atomic E-state index is 9.84. The smallest absolute Gasteiger partial charge is 0.143 e. The Labute approximate surface area is 295 Å². The predicted octanol–water partition coefficient (Wildman–Crippen LogP) is 13.7. The van der Waals surface area contributed by atoms with Gasteiger partial charge in [-0.05, 0) is 108 Å². The highest BCUT2D eigenvalue weighted by atomic mass is 16.3. The molecule has 0 aliphatic heterocycles. The molecular formula is C48H30O. The Bertz CT molecular complexity index is 3250. The summed E-state index contributed by atoms with van der Waals surface area (Å²) in [5.41, 5.74) is 4.70. The lowest BCUT2D eigenvalue weighted by atomic mass is 9.84. The molecule has 0 radical (unpaired) electrons. The molecule has 228 valence electrons. The first-order chi connectivity index (χ1) is 27.7. The molecule has 0 unspecified atom stereocenters. The monoisotopic (exact) mass is 630 g/mol. The van der Waals surface area contributed by atoms with Crippen LogP contribution in [-0.4, -0.2) is 0 Å². The summed E-state index contributed by atoms with van der Waals surface area (Å²) in [6, 6.07) is 40.1. The van der Waals surface area contributed by atoms with Crippen LogP contribution in [0.5, 0.6) is 0 Å². The van der Waals surface area contributed by atoms with Crippen molar-refractivity contribution in [2.75, 3.05) is 0 Å². The largest absolute Gasteiger partial charge is 0.455 e. The average molecular weight is 631 g/mol. The minimum Gasteiger partial charge on any atom is -0.455 e. The molecule has 0 amide bonds. The first-order valence-corrected chi connectivity index (χ1v) is 16.2. The quantitative estimate of drug-likeness (QED) is 0.176. The first-order valence-electron chi connectivity index (χ1n) is 20.2. The molecule has 1 heterocycles. The summed E-state index contributed by atoms with van der Waals surface area (Å²) in [5, 5.41) is 7.42. The SMILES string of the molecule is [2H]c1c([2H])c([2H])c(-c2c([2H])c(-c3ccccc3)c([2H])c(-c3c4ccccc4c(-c4ccc5oc6c7ccccc7ccc6c5c4)c4ccccc34)c2[2H])c([2H])c1[2H]. The molecule has 0 bridgehead atoms. The molecule has 0 spiro atoms. The minimum atomic E-state index is -0.560. The molecule has 9 aromatic carbocycles. The van der Waals surface area contributed by atoms with E-state index in [4.69, 9.17) is 11.3 Å². The van der Waals surface area contributed by atoms with Crippen LogP contribution in [0.15, 0.2) is 186 Å². The molecule has 1 heteroatoms. The van der Waals surface area contributed by atoms with Crippen LogP contribution in [0, 0.1) is 0 Å². The Balaban J connectivity index is 1.33. The van der Waals surface area contributed by atoms with E-state index >= 15 is 0 Å². The maximum Gasteiger partial charge on any atom is 0.143 e. The fourth-order valence-electron chi connectivity index (χ4n) is 7.21. The number of fused-ring (bicyclic) bond motifs is 7. The van der Waals surface area contributed by atoms with Crippen molar-refractivity contribution in [3.63, 3.8) is 0 Å². The van der Waals surface area contributed by atoms with Crippen LogP contribution in [0.1, 0.15) is 11.0 Å². The van der Waals surface area contributed by atoms with Gasteiger partial charge in [0.2, 0.25) is 0 Å². The van der Waals surface area contributed by atoms with Crippen molar-refractivity contribution in [2.24, 2.45) is 0 Å². The maximum absolute atomic E-state index is 9.84. The van der Waals surface area contributed by atoms with Crippen molar-refractivity contribution in [3.05, 3.63) is 182 Å². The molecule has 0 fully saturated rings. The van der Waals surface area contributed by atoms with Gasteiger partial charge in [0.05, 0.1) is 11.0 Å². The molecule has 0 atom stereocenters. The third kappa shape index (κ3) is 4.47. The van der Waals surface area contributed by atoms with E-state index < -0.39 is 30.2 Å². The highest BCUT2D eigenvalue weighted by molar-refractivity contribution is 6.23. The van der Waals surface area contributed by atoms with Gasteiger partial charge < -0.3 is 4.42 Å². The lowest BCUT2D eigenvalue weighted by Gasteiger charge is -2.19. The Morgan fingerprint density at radius 3 is 1.63 bits per heavy atom. The fourth-order valence-corrected chi connectivity index (χ4v) is 7.21. The second-order valence-electron chi connectivity index (χ2n) is 12.2. The normalized spacial score (nSPS) is 14.0. The van der Waals surface area contributed by atoms with Crippen LogP contribution < -0.4 is 0 Å². The zero-order valence-corrected chi connectivity index (χ0v) is 26.1. The van der Waals surface area contributed by atoms with Gasteiger partial charge in [-0.15, -0.1) is 0 Å². The summed E-state index contributed by atoms with van der Waals surface area (Å²) in [6.07, 6.45) is 0. The van der Waals surface area contributed by atoms with Gasteiger partial charge in [0.25, 0.3) is 0 Å². The molecule has 0 aliphatic rings. The minimum absolute atomic E-state index is 0.0612. The van der Waals surface area contributed by atoms with Crippen LogP contribution in [0.25, 0.3) is 98.8 Å². The Kier molecular flexibility index (Phi) is 4.69. The van der Waals surface area contributed by atoms with Gasteiger partial charge >= 0.3 is 0 Å². The number of rotatable bonds is 4. The van der Waals surface area contributed by atoms with Crippen LogP contribution in [0.3, 0.4) is 0 Å². The predicted molar refractivity (Wildman–Crippen MR) is 208 cm³/mol. The number of hydrogen-bond donors (Lipinski definition) is 0. The van der Waals surface area contributed by atoms with Gasteiger partial charge in [0.1, 0.15) is 11.2 Å². The summed E-state index contributed by atoms with van der Waals surface area (Å²) in [4.78, 5) is 0. The summed E-state index contributed by atoms with van der Waals surface area (Å²) in [5.74, 6) is 0. The summed E-state index contributed by atoms with van der Waals surface area (Å²) < 4.78 is 78.6. The molecule has 1 nitrogen and oxygen atoms in total. The van der Waals surface area contributed by atoms with Gasteiger partial charge in [-0.3, -0.25) is 0 Å². The molecule has 49 heavy (non-hydrogen) atoms. The van der Waals surface area contributed by atoms with E-state index in [0.29, 0.717) is 11.1 Å².